The molecule has 3 saturated heterocycles. The van der Waals surface area contributed by atoms with Gasteiger partial charge in [0.2, 0.25) is 5.91 Å². The maximum Gasteiger partial charge on any atom is 0.230 e. The minimum Gasteiger partial charge on any atom is -0.353 e. The number of nitrogens with zero attached hydrogens (tertiary/aromatic N) is 1. The molecule has 4 fully saturated rings. The van der Waals surface area contributed by atoms with E-state index in [9.17, 15) is 4.79 Å². The monoisotopic (exact) mass is 372 g/mol. The van der Waals surface area contributed by atoms with Crippen LogP contribution in [0.25, 0.3) is 0 Å². The molecule has 3 aliphatic heterocycles. The lowest BCUT2D eigenvalue weighted by molar-refractivity contribution is -0.119. The van der Waals surface area contributed by atoms with Gasteiger partial charge >= 0.3 is 0 Å². The van der Waals surface area contributed by atoms with Gasteiger partial charge < -0.3 is 14.8 Å². The highest BCUT2D eigenvalue weighted by molar-refractivity contribution is 8.00. The molecule has 0 spiro atoms. The van der Waals surface area contributed by atoms with Crippen molar-refractivity contribution in [2.24, 2.45) is 0 Å². The van der Waals surface area contributed by atoms with Crippen molar-refractivity contribution in [1.82, 2.24) is 31.9 Å². The number of hydrazine groups is 2. The Balaban J connectivity index is 1.22. The first-order valence-corrected chi connectivity index (χ1v) is 10.2. The average molecular weight is 372 g/mol. The van der Waals surface area contributed by atoms with Crippen molar-refractivity contribution < 1.29 is 14.3 Å². The first-order valence-electron chi connectivity index (χ1n) is 9.13. The summed E-state index contributed by atoms with van der Waals surface area (Å²) in [5.41, 5.74) is 6.50. The highest BCUT2D eigenvalue weighted by atomic mass is 32.2. The first-order chi connectivity index (χ1) is 12.2. The number of hydrogen-bond donors (Lipinski definition) is 5. The first kappa shape index (κ1) is 17.9. The van der Waals surface area contributed by atoms with Gasteiger partial charge in [0, 0.05) is 19.3 Å². The zero-order valence-corrected chi connectivity index (χ0v) is 15.3. The quantitative estimate of drug-likeness (QED) is 0.401. The molecule has 142 valence electrons. The van der Waals surface area contributed by atoms with E-state index in [-0.39, 0.29) is 41.7 Å². The number of carbonyl (C=O) groups excluding carboxylic acids is 1. The maximum absolute atomic E-state index is 12.4. The maximum atomic E-state index is 12.4. The summed E-state index contributed by atoms with van der Waals surface area (Å²) < 4.78 is 11.1. The fraction of sp³-hybridized carbons (Fsp3) is 0.933. The predicted molar refractivity (Wildman–Crippen MR) is 94.0 cm³/mol. The summed E-state index contributed by atoms with van der Waals surface area (Å²) in [6.07, 6.45) is 3.39. The minimum absolute atomic E-state index is 0.0996. The molecule has 1 saturated carbocycles. The van der Waals surface area contributed by atoms with Gasteiger partial charge in [-0.15, -0.1) is 11.8 Å². The number of likely N-dealkylation sites (N-methyl/N-ethyl adjacent to an activating group) is 1. The van der Waals surface area contributed by atoms with Gasteiger partial charge in [0.15, 0.2) is 0 Å². The van der Waals surface area contributed by atoms with Gasteiger partial charge in [0.1, 0.15) is 6.79 Å². The van der Waals surface area contributed by atoms with Crippen molar-refractivity contribution in [1.29, 1.82) is 0 Å². The molecule has 6 atom stereocenters. The van der Waals surface area contributed by atoms with Crippen LogP contribution in [0.1, 0.15) is 26.2 Å². The highest BCUT2D eigenvalue weighted by Crippen LogP contribution is 2.28. The summed E-state index contributed by atoms with van der Waals surface area (Å²) in [7, 11) is 0. The molecule has 6 unspecified atom stereocenters. The van der Waals surface area contributed by atoms with E-state index in [1.165, 1.54) is 0 Å². The van der Waals surface area contributed by atoms with Crippen LogP contribution in [0, 0.1) is 0 Å². The Labute approximate surface area is 152 Å². The molecule has 25 heavy (non-hydrogen) atoms. The fourth-order valence-corrected chi connectivity index (χ4v) is 5.09. The van der Waals surface area contributed by atoms with E-state index < -0.39 is 0 Å². The van der Waals surface area contributed by atoms with Crippen molar-refractivity contribution in [3.63, 3.8) is 0 Å². The third-order valence-electron chi connectivity index (χ3n) is 5.39. The summed E-state index contributed by atoms with van der Waals surface area (Å²) in [6.45, 7) is 4.16. The van der Waals surface area contributed by atoms with Gasteiger partial charge in [-0.1, -0.05) is 6.92 Å². The molecule has 0 aromatic heterocycles. The van der Waals surface area contributed by atoms with Gasteiger partial charge in [-0.2, -0.15) is 5.53 Å². The van der Waals surface area contributed by atoms with Crippen LogP contribution < -0.4 is 26.9 Å². The lowest BCUT2D eigenvalue weighted by Gasteiger charge is -2.36. The Kier molecular flexibility index (Phi) is 5.77. The molecule has 10 heteroatoms. The summed E-state index contributed by atoms with van der Waals surface area (Å²) in [5.74, 6) is 0.555. The Hall–Kier alpha value is -0.460. The number of ether oxygens (including phenoxy) is 2. The minimum atomic E-state index is 0.0996. The number of amides is 1. The van der Waals surface area contributed by atoms with E-state index in [4.69, 9.17) is 9.47 Å². The van der Waals surface area contributed by atoms with E-state index in [0.29, 0.717) is 12.5 Å². The van der Waals surface area contributed by atoms with Crippen LogP contribution in [0.3, 0.4) is 0 Å². The van der Waals surface area contributed by atoms with Gasteiger partial charge in [-0.3, -0.25) is 15.4 Å². The van der Waals surface area contributed by atoms with Crippen molar-refractivity contribution in [3.8, 4) is 0 Å². The van der Waals surface area contributed by atoms with Crippen LogP contribution in [0.15, 0.2) is 0 Å². The summed E-state index contributed by atoms with van der Waals surface area (Å²) in [4.78, 5) is 12.4. The van der Waals surface area contributed by atoms with Crippen molar-refractivity contribution in [2.75, 3.05) is 25.8 Å². The topological polar surface area (TPSA) is 98.9 Å². The fourth-order valence-electron chi connectivity index (χ4n) is 4.05. The van der Waals surface area contributed by atoms with Gasteiger partial charge in [-0.25, -0.2) is 10.4 Å². The summed E-state index contributed by atoms with van der Waals surface area (Å²) >= 11 is 1.65. The second kappa shape index (κ2) is 8.05. The standard InChI is InChI=1S/C15H28N6O3S/c1-2-21-14-13(19-20-21)15(17-7-16-14)25-6-12(22)18-9-3-4-10-11(5-9)24-8-23-10/h9-11,13-17,19-20H,2-8H2,1H3,(H,18,22). The largest absolute Gasteiger partial charge is 0.353 e. The molecule has 0 aromatic rings. The van der Waals surface area contributed by atoms with E-state index in [2.05, 4.69) is 38.8 Å². The Morgan fingerprint density at radius 3 is 3.04 bits per heavy atom. The molecular formula is C15H28N6O3S. The van der Waals surface area contributed by atoms with E-state index in [0.717, 1.165) is 32.5 Å². The third kappa shape index (κ3) is 3.96. The van der Waals surface area contributed by atoms with Gasteiger partial charge in [0.05, 0.1) is 35.5 Å². The Morgan fingerprint density at radius 2 is 2.16 bits per heavy atom. The number of rotatable bonds is 5. The second-order valence-electron chi connectivity index (χ2n) is 6.93. The van der Waals surface area contributed by atoms with Gasteiger partial charge in [-0.05, 0) is 19.3 Å². The molecular weight excluding hydrogens is 344 g/mol. The Bertz CT molecular complexity index is 486. The van der Waals surface area contributed by atoms with Crippen LogP contribution in [0.2, 0.25) is 0 Å². The number of thioether (sulfide) groups is 1. The summed E-state index contributed by atoms with van der Waals surface area (Å²) in [6, 6.07) is 0.414. The third-order valence-corrected chi connectivity index (χ3v) is 6.63. The van der Waals surface area contributed by atoms with Crippen molar-refractivity contribution in [2.45, 2.75) is 62.0 Å². The molecule has 4 aliphatic rings. The van der Waals surface area contributed by atoms with Crippen LogP contribution in [-0.4, -0.2) is 72.5 Å². The van der Waals surface area contributed by atoms with E-state index in [1.54, 1.807) is 11.8 Å². The number of carbonyl (C=O) groups is 1. The van der Waals surface area contributed by atoms with Crippen LogP contribution in [0.5, 0.6) is 0 Å². The lowest BCUT2D eigenvalue weighted by Crippen LogP contribution is -2.63. The molecule has 5 N–H and O–H groups in total. The van der Waals surface area contributed by atoms with Crippen molar-refractivity contribution in [3.05, 3.63) is 0 Å². The van der Waals surface area contributed by atoms with Crippen LogP contribution >= 0.6 is 11.8 Å². The molecule has 0 aromatic carbocycles. The normalized spacial score (nSPS) is 41.3. The van der Waals surface area contributed by atoms with Crippen molar-refractivity contribution >= 4 is 17.7 Å². The van der Waals surface area contributed by atoms with E-state index in [1.807, 2.05) is 0 Å². The van der Waals surface area contributed by atoms with E-state index >= 15 is 0 Å². The zero-order chi connectivity index (χ0) is 17.2. The highest BCUT2D eigenvalue weighted by Gasteiger charge is 2.41. The zero-order valence-electron chi connectivity index (χ0n) is 14.5. The number of hydrogen-bond acceptors (Lipinski definition) is 9. The average Bonchev–Trinajstić information content (AvgIpc) is 3.26. The molecule has 1 amide bonds. The van der Waals surface area contributed by atoms with Crippen LogP contribution in [-0.2, 0) is 14.3 Å². The molecule has 0 bridgehead atoms. The predicted octanol–water partition coefficient (Wildman–Crippen LogP) is -1.35. The second-order valence-corrected chi connectivity index (χ2v) is 8.06. The number of nitrogens with one attached hydrogen (secondary N) is 5. The SMILES string of the molecule is CCN1NNC2C(SCC(=O)NC3CCC4OCOC4C3)NCNC21. The Morgan fingerprint density at radius 1 is 1.28 bits per heavy atom. The van der Waals surface area contributed by atoms with Crippen LogP contribution in [0.4, 0.5) is 0 Å². The molecule has 1 aliphatic carbocycles. The lowest BCUT2D eigenvalue weighted by atomic mass is 9.90. The molecule has 3 heterocycles. The summed E-state index contributed by atoms with van der Waals surface area (Å²) in [5, 5.41) is 12.4. The molecule has 4 rings (SSSR count). The smallest absolute Gasteiger partial charge is 0.230 e. The molecule has 0 radical (unpaired) electrons. The molecule has 9 nitrogen and oxygen atoms in total. The van der Waals surface area contributed by atoms with Gasteiger partial charge in [0.25, 0.3) is 0 Å². The number of fused-ring (bicyclic) bond motifs is 2.